The van der Waals surface area contributed by atoms with Crippen molar-refractivity contribution in [2.75, 3.05) is 5.32 Å². The zero-order valence-corrected chi connectivity index (χ0v) is 12.6. The quantitative estimate of drug-likeness (QED) is 0.797. The van der Waals surface area contributed by atoms with E-state index in [0.717, 1.165) is 16.4 Å². The molecule has 0 atom stereocenters. The lowest BCUT2D eigenvalue weighted by Gasteiger charge is -2.22. The smallest absolute Gasteiger partial charge is 0.310 e. The van der Waals surface area contributed by atoms with Gasteiger partial charge < -0.3 is 10.4 Å². The zero-order valence-electron chi connectivity index (χ0n) is 10.5. The van der Waals surface area contributed by atoms with Crippen LogP contribution in [0.2, 0.25) is 0 Å². The maximum Gasteiger partial charge on any atom is 0.310 e. The Morgan fingerprint density at radius 3 is 2.32 bits per heavy atom. The fourth-order valence-corrected chi connectivity index (χ4v) is 2.92. The monoisotopic (exact) mass is 373 g/mol. The Balaban J connectivity index is 2.00. The first-order valence-corrected chi connectivity index (χ1v) is 7.39. The number of hydrogen-bond acceptors (Lipinski definition) is 2. The summed E-state index contributed by atoms with van der Waals surface area (Å²) in [5.74, 6) is -1.06. The van der Waals surface area contributed by atoms with Crippen LogP contribution in [0.1, 0.15) is 32.1 Å². The van der Waals surface area contributed by atoms with Crippen LogP contribution in [0, 0.1) is 8.99 Å². The van der Waals surface area contributed by atoms with E-state index in [1.807, 2.05) is 24.3 Å². The Morgan fingerprint density at radius 1 is 1.21 bits per heavy atom. The van der Waals surface area contributed by atoms with E-state index in [0.29, 0.717) is 18.5 Å². The molecule has 2 N–H and O–H groups in total. The largest absolute Gasteiger partial charge is 0.481 e. The number of rotatable bonds is 4. The van der Waals surface area contributed by atoms with E-state index in [1.165, 1.54) is 0 Å². The van der Waals surface area contributed by atoms with E-state index in [4.69, 9.17) is 0 Å². The first-order chi connectivity index (χ1) is 9.02. The summed E-state index contributed by atoms with van der Waals surface area (Å²) in [4.78, 5) is 23.4. The van der Waals surface area contributed by atoms with Crippen molar-refractivity contribution in [3.63, 3.8) is 0 Å². The molecule has 0 bridgehead atoms. The molecular weight excluding hydrogens is 357 g/mol. The van der Waals surface area contributed by atoms with E-state index in [-0.39, 0.29) is 12.3 Å². The third-order valence-corrected chi connectivity index (χ3v) is 4.36. The summed E-state index contributed by atoms with van der Waals surface area (Å²) in [5, 5.41) is 12.1. The third-order valence-electron chi connectivity index (χ3n) is 3.64. The first-order valence-electron chi connectivity index (χ1n) is 6.31. The molecule has 2 rings (SSSR count). The van der Waals surface area contributed by atoms with Crippen LogP contribution in [-0.4, -0.2) is 17.0 Å². The molecule has 1 aromatic carbocycles. The van der Waals surface area contributed by atoms with Crippen molar-refractivity contribution in [3.05, 3.63) is 27.8 Å². The summed E-state index contributed by atoms with van der Waals surface area (Å²) in [6, 6.07) is 7.45. The lowest BCUT2D eigenvalue weighted by atomic mass is 9.82. The molecule has 1 amide bonds. The van der Waals surface area contributed by atoms with Gasteiger partial charge in [-0.3, -0.25) is 9.59 Å². The van der Waals surface area contributed by atoms with Crippen molar-refractivity contribution in [2.45, 2.75) is 32.1 Å². The van der Waals surface area contributed by atoms with Gasteiger partial charge in [0, 0.05) is 15.7 Å². The summed E-state index contributed by atoms with van der Waals surface area (Å²) in [6.45, 7) is 0. The molecule has 5 heteroatoms. The van der Waals surface area contributed by atoms with Gasteiger partial charge in [-0.1, -0.05) is 12.8 Å². The lowest BCUT2D eigenvalue weighted by Crippen LogP contribution is -2.32. The van der Waals surface area contributed by atoms with Crippen LogP contribution in [0.5, 0.6) is 0 Å². The molecule has 0 radical (unpaired) electrons. The van der Waals surface area contributed by atoms with E-state index in [1.54, 1.807) is 0 Å². The number of amides is 1. The molecule has 0 spiro atoms. The van der Waals surface area contributed by atoms with Crippen LogP contribution < -0.4 is 5.32 Å². The summed E-state index contributed by atoms with van der Waals surface area (Å²) in [6.07, 6.45) is 3.05. The van der Waals surface area contributed by atoms with Crippen molar-refractivity contribution < 1.29 is 14.7 Å². The minimum Gasteiger partial charge on any atom is -0.481 e. The fraction of sp³-hybridized carbons (Fsp3) is 0.429. The Bertz CT molecular complexity index is 478. The van der Waals surface area contributed by atoms with Gasteiger partial charge in [-0.15, -0.1) is 0 Å². The lowest BCUT2D eigenvalue weighted by molar-refractivity contribution is -0.150. The van der Waals surface area contributed by atoms with Crippen LogP contribution in [0.3, 0.4) is 0 Å². The zero-order chi connectivity index (χ0) is 13.9. The number of anilines is 1. The maximum absolute atomic E-state index is 12.0. The highest BCUT2D eigenvalue weighted by atomic mass is 127. The average Bonchev–Trinajstić information content (AvgIpc) is 2.82. The highest BCUT2D eigenvalue weighted by Crippen LogP contribution is 2.41. The second-order valence-corrected chi connectivity index (χ2v) is 6.27. The Kier molecular flexibility index (Phi) is 4.44. The molecule has 0 aromatic heterocycles. The van der Waals surface area contributed by atoms with Gasteiger partial charge in [-0.2, -0.15) is 0 Å². The number of carbonyl (C=O) groups is 2. The normalized spacial score (nSPS) is 17.1. The molecule has 1 aromatic rings. The third kappa shape index (κ3) is 3.46. The number of hydrogen-bond donors (Lipinski definition) is 2. The van der Waals surface area contributed by atoms with Crippen LogP contribution in [0.15, 0.2) is 24.3 Å². The molecule has 0 aliphatic heterocycles. The molecule has 1 aliphatic rings. The van der Waals surface area contributed by atoms with E-state index in [2.05, 4.69) is 27.9 Å². The molecular formula is C14H16INO3. The number of carbonyl (C=O) groups excluding carboxylic acids is 1. The highest BCUT2D eigenvalue weighted by Gasteiger charge is 2.42. The predicted molar refractivity (Wildman–Crippen MR) is 80.9 cm³/mol. The minimum absolute atomic E-state index is 0.0638. The van der Waals surface area contributed by atoms with Crippen molar-refractivity contribution in [3.8, 4) is 0 Å². The summed E-state index contributed by atoms with van der Waals surface area (Å²) in [5.41, 5.74) is -0.142. The number of aliphatic carboxylic acids is 1. The number of halogens is 1. The van der Waals surface area contributed by atoms with Crippen LogP contribution in [0.25, 0.3) is 0 Å². The van der Waals surface area contributed by atoms with Gasteiger partial charge in [0.2, 0.25) is 5.91 Å². The molecule has 0 heterocycles. The fourth-order valence-electron chi connectivity index (χ4n) is 2.56. The van der Waals surface area contributed by atoms with E-state index in [9.17, 15) is 14.7 Å². The molecule has 1 aliphatic carbocycles. The minimum atomic E-state index is -0.854. The second-order valence-electron chi connectivity index (χ2n) is 5.02. The molecule has 19 heavy (non-hydrogen) atoms. The Morgan fingerprint density at radius 2 is 1.79 bits per heavy atom. The van der Waals surface area contributed by atoms with Gasteiger partial charge in [-0.05, 0) is 59.7 Å². The number of benzene rings is 1. The number of nitrogens with one attached hydrogen (secondary N) is 1. The first kappa shape index (κ1) is 14.3. The maximum atomic E-state index is 12.0. The van der Waals surface area contributed by atoms with E-state index >= 15 is 0 Å². The standard InChI is InChI=1S/C14H16INO3/c15-10-3-5-11(6-4-10)16-12(17)9-14(13(18)19)7-1-2-8-14/h3-6H,1-2,7-9H2,(H,16,17)(H,18,19). The Labute approximate surface area is 125 Å². The van der Waals surface area contributed by atoms with E-state index < -0.39 is 11.4 Å². The highest BCUT2D eigenvalue weighted by molar-refractivity contribution is 14.1. The number of carboxylic acids is 1. The number of carboxylic acid groups (broad SMARTS) is 1. The Hall–Kier alpha value is -1.11. The molecule has 0 unspecified atom stereocenters. The summed E-state index contributed by atoms with van der Waals surface area (Å²) in [7, 11) is 0. The van der Waals surface area contributed by atoms with Gasteiger partial charge in [0.05, 0.1) is 5.41 Å². The second kappa shape index (κ2) is 5.90. The molecule has 1 saturated carbocycles. The SMILES string of the molecule is O=C(CC1(C(=O)O)CCCC1)Nc1ccc(I)cc1. The predicted octanol–water partition coefficient (Wildman–Crippen LogP) is 3.26. The molecule has 4 nitrogen and oxygen atoms in total. The van der Waals surface area contributed by atoms with Crippen molar-refractivity contribution >= 4 is 40.2 Å². The average molecular weight is 373 g/mol. The van der Waals surface area contributed by atoms with Crippen molar-refractivity contribution in [1.29, 1.82) is 0 Å². The van der Waals surface area contributed by atoms with Gasteiger partial charge >= 0.3 is 5.97 Å². The summed E-state index contributed by atoms with van der Waals surface area (Å²) >= 11 is 2.19. The topological polar surface area (TPSA) is 66.4 Å². The van der Waals surface area contributed by atoms with Gasteiger partial charge in [0.25, 0.3) is 0 Å². The molecule has 102 valence electrons. The van der Waals surface area contributed by atoms with Crippen molar-refractivity contribution in [2.24, 2.45) is 5.41 Å². The molecule has 1 fully saturated rings. The van der Waals surface area contributed by atoms with Crippen LogP contribution in [-0.2, 0) is 9.59 Å². The molecule has 0 saturated heterocycles. The van der Waals surface area contributed by atoms with Crippen LogP contribution in [0.4, 0.5) is 5.69 Å². The van der Waals surface area contributed by atoms with Gasteiger partial charge in [-0.25, -0.2) is 0 Å². The van der Waals surface area contributed by atoms with Gasteiger partial charge in [0.15, 0.2) is 0 Å². The van der Waals surface area contributed by atoms with Crippen molar-refractivity contribution in [1.82, 2.24) is 0 Å². The van der Waals surface area contributed by atoms with Gasteiger partial charge in [0.1, 0.15) is 0 Å². The van der Waals surface area contributed by atoms with Crippen LogP contribution >= 0.6 is 22.6 Å². The summed E-state index contributed by atoms with van der Waals surface area (Å²) < 4.78 is 1.09.